The Kier molecular flexibility index (Phi) is 7.02. The molecule has 1 aliphatic rings. The van der Waals surface area contributed by atoms with Crippen molar-refractivity contribution >= 4 is 40.9 Å². The van der Waals surface area contributed by atoms with E-state index < -0.39 is 0 Å². The topological polar surface area (TPSA) is 76.6 Å². The van der Waals surface area contributed by atoms with Crippen LogP contribution in [0.2, 0.25) is 0 Å². The van der Waals surface area contributed by atoms with Crippen LogP contribution in [-0.2, 0) is 10.5 Å². The first-order valence-corrected chi connectivity index (χ1v) is 12.2. The molecule has 4 rings (SSSR count). The maximum atomic E-state index is 12.6. The second kappa shape index (κ2) is 10.1. The number of carbonyl (C=O) groups is 3. The van der Waals surface area contributed by atoms with Gasteiger partial charge in [0.25, 0.3) is 11.8 Å². The van der Waals surface area contributed by atoms with Gasteiger partial charge < -0.3 is 4.74 Å². The molecule has 0 spiro atoms. The van der Waals surface area contributed by atoms with Gasteiger partial charge in [0.2, 0.25) is 0 Å². The number of fused-ring (bicyclic) bond motifs is 1. The number of rotatable bonds is 9. The molecule has 0 N–H and O–H groups in total. The van der Waals surface area contributed by atoms with Gasteiger partial charge in [-0.2, -0.15) is 0 Å². The molecule has 0 saturated heterocycles. The first-order valence-electron chi connectivity index (χ1n) is 10.3. The molecular formula is C24H22N2O4S2. The minimum Gasteiger partial charge on any atom is -0.462 e. The van der Waals surface area contributed by atoms with Crippen molar-refractivity contribution in [3.63, 3.8) is 0 Å². The Morgan fingerprint density at radius 2 is 1.72 bits per heavy atom. The summed E-state index contributed by atoms with van der Waals surface area (Å²) >= 11 is 3.17. The number of thioether (sulfide) groups is 1. The highest BCUT2D eigenvalue weighted by molar-refractivity contribution is 7.98. The van der Waals surface area contributed by atoms with E-state index in [2.05, 4.69) is 4.98 Å². The Morgan fingerprint density at radius 3 is 2.41 bits per heavy atom. The van der Waals surface area contributed by atoms with Crippen LogP contribution in [0, 0.1) is 6.92 Å². The number of unbranched alkanes of at least 4 members (excludes halogenated alkanes) is 1. The van der Waals surface area contributed by atoms with E-state index in [4.69, 9.17) is 4.74 Å². The zero-order valence-corrected chi connectivity index (χ0v) is 19.2. The Hall–Kier alpha value is -2.97. The summed E-state index contributed by atoms with van der Waals surface area (Å²) in [5.74, 6) is -0.203. The normalized spacial score (nSPS) is 12.8. The quantitative estimate of drug-likeness (QED) is 0.192. The number of hydrogen-bond acceptors (Lipinski definition) is 7. The summed E-state index contributed by atoms with van der Waals surface area (Å²) in [6, 6.07) is 14.2. The summed E-state index contributed by atoms with van der Waals surface area (Å²) in [5, 5.41) is 3.05. The largest absolute Gasteiger partial charge is 0.462 e. The van der Waals surface area contributed by atoms with E-state index in [1.807, 2.05) is 30.5 Å². The van der Waals surface area contributed by atoms with E-state index in [1.165, 1.54) is 4.90 Å². The van der Waals surface area contributed by atoms with Crippen molar-refractivity contribution in [2.45, 2.75) is 30.4 Å². The molecule has 1 aromatic heterocycles. The lowest BCUT2D eigenvalue weighted by Gasteiger charge is -2.13. The van der Waals surface area contributed by atoms with Gasteiger partial charge in [0.1, 0.15) is 0 Å². The molecule has 0 aliphatic carbocycles. The third kappa shape index (κ3) is 4.92. The number of carbonyl (C=O) groups excluding carboxylic acids is 3. The standard InChI is InChI=1S/C24H22N2O4S2/c1-16-25-17(14-31-16)15-32-21-11-5-4-10-20(21)24(29)30-13-7-6-12-26-22(27)18-8-2-3-9-19(18)23(26)28/h2-5,8-11,14H,6-7,12-13,15H2,1H3. The molecule has 164 valence electrons. The third-order valence-electron chi connectivity index (χ3n) is 5.04. The Labute approximate surface area is 194 Å². The van der Waals surface area contributed by atoms with Crippen LogP contribution in [0.15, 0.2) is 58.8 Å². The van der Waals surface area contributed by atoms with Crippen molar-refractivity contribution in [3.05, 3.63) is 81.3 Å². The number of imide groups is 1. The molecule has 2 heterocycles. The lowest BCUT2D eigenvalue weighted by molar-refractivity contribution is 0.0482. The molecule has 3 aromatic rings. The highest BCUT2D eigenvalue weighted by Crippen LogP contribution is 2.27. The van der Waals surface area contributed by atoms with E-state index in [1.54, 1.807) is 53.4 Å². The Morgan fingerprint density at radius 1 is 1.03 bits per heavy atom. The zero-order chi connectivity index (χ0) is 22.5. The molecule has 0 saturated carbocycles. The van der Waals surface area contributed by atoms with Crippen LogP contribution in [-0.4, -0.2) is 40.8 Å². The maximum absolute atomic E-state index is 12.6. The highest BCUT2D eigenvalue weighted by Gasteiger charge is 2.34. The molecular weight excluding hydrogens is 444 g/mol. The first kappa shape index (κ1) is 22.2. The average molecular weight is 467 g/mol. The van der Waals surface area contributed by atoms with Crippen LogP contribution in [0.5, 0.6) is 0 Å². The van der Waals surface area contributed by atoms with Crippen LogP contribution >= 0.6 is 23.1 Å². The van der Waals surface area contributed by atoms with Crippen molar-refractivity contribution in [2.24, 2.45) is 0 Å². The number of amides is 2. The number of hydrogen-bond donors (Lipinski definition) is 0. The fourth-order valence-corrected chi connectivity index (χ4v) is 5.10. The van der Waals surface area contributed by atoms with E-state index in [0.29, 0.717) is 41.8 Å². The smallest absolute Gasteiger partial charge is 0.339 e. The Bertz CT molecular complexity index is 1120. The summed E-state index contributed by atoms with van der Waals surface area (Å²) in [5.41, 5.74) is 2.43. The molecule has 0 atom stereocenters. The van der Waals surface area contributed by atoms with Gasteiger partial charge in [-0.05, 0) is 44.0 Å². The number of aryl methyl sites for hydroxylation is 1. The predicted octanol–water partition coefficient (Wildman–Crippen LogP) is 4.98. The first-order chi connectivity index (χ1) is 15.5. The van der Waals surface area contributed by atoms with Gasteiger partial charge in [0.15, 0.2) is 0 Å². The average Bonchev–Trinajstić information content (AvgIpc) is 3.33. The molecule has 0 unspecified atom stereocenters. The van der Waals surface area contributed by atoms with Gasteiger partial charge in [0, 0.05) is 22.6 Å². The summed E-state index contributed by atoms with van der Waals surface area (Å²) in [6.07, 6.45) is 1.13. The van der Waals surface area contributed by atoms with Crippen molar-refractivity contribution in [2.75, 3.05) is 13.2 Å². The van der Waals surface area contributed by atoms with Crippen LogP contribution in [0.1, 0.15) is 54.6 Å². The minimum absolute atomic E-state index is 0.228. The van der Waals surface area contributed by atoms with Crippen LogP contribution in [0.25, 0.3) is 0 Å². The molecule has 6 nitrogen and oxygen atoms in total. The van der Waals surface area contributed by atoms with E-state index in [9.17, 15) is 14.4 Å². The second-order valence-electron chi connectivity index (χ2n) is 7.29. The number of esters is 1. The third-order valence-corrected chi connectivity index (χ3v) is 6.97. The lowest BCUT2D eigenvalue weighted by atomic mass is 10.1. The number of aromatic nitrogens is 1. The second-order valence-corrected chi connectivity index (χ2v) is 9.37. The van der Waals surface area contributed by atoms with Crippen molar-refractivity contribution in [1.29, 1.82) is 0 Å². The lowest BCUT2D eigenvalue weighted by Crippen LogP contribution is -2.30. The van der Waals surface area contributed by atoms with E-state index in [-0.39, 0.29) is 24.4 Å². The van der Waals surface area contributed by atoms with Gasteiger partial charge in [-0.15, -0.1) is 23.1 Å². The van der Waals surface area contributed by atoms with Crippen molar-refractivity contribution in [1.82, 2.24) is 9.88 Å². The fourth-order valence-electron chi connectivity index (χ4n) is 3.44. The molecule has 32 heavy (non-hydrogen) atoms. The van der Waals surface area contributed by atoms with Gasteiger partial charge in [-0.25, -0.2) is 9.78 Å². The zero-order valence-electron chi connectivity index (χ0n) is 17.6. The maximum Gasteiger partial charge on any atom is 0.339 e. The molecule has 0 radical (unpaired) electrons. The monoisotopic (exact) mass is 466 g/mol. The van der Waals surface area contributed by atoms with Crippen molar-refractivity contribution in [3.8, 4) is 0 Å². The highest BCUT2D eigenvalue weighted by atomic mass is 32.2. The number of ether oxygens (including phenoxy) is 1. The van der Waals surface area contributed by atoms with Crippen LogP contribution in [0.3, 0.4) is 0 Å². The summed E-state index contributed by atoms with van der Waals surface area (Å²) in [4.78, 5) is 43.9. The van der Waals surface area contributed by atoms with E-state index in [0.717, 1.165) is 15.6 Å². The fraction of sp³-hybridized carbons (Fsp3) is 0.250. The Balaban J connectivity index is 1.24. The predicted molar refractivity (Wildman–Crippen MR) is 124 cm³/mol. The number of benzene rings is 2. The van der Waals surface area contributed by atoms with Crippen LogP contribution in [0.4, 0.5) is 0 Å². The van der Waals surface area contributed by atoms with Crippen LogP contribution < -0.4 is 0 Å². The van der Waals surface area contributed by atoms with Gasteiger partial charge in [-0.3, -0.25) is 14.5 Å². The van der Waals surface area contributed by atoms with Gasteiger partial charge >= 0.3 is 5.97 Å². The molecule has 2 aromatic carbocycles. The number of nitrogens with zero attached hydrogens (tertiary/aromatic N) is 2. The molecule has 0 bridgehead atoms. The SMILES string of the molecule is Cc1nc(CSc2ccccc2C(=O)OCCCCN2C(=O)c3ccccc3C2=O)cs1. The summed E-state index contributed by atoms with van der Waals surface area (Å²) in [7, 11) is 0. The summed E-state index contributed by atoms with van der Waals surface area (Å²) < 4.78 is 5.45. The molecule has 1 aliphatic heterocycles. The molecule has 0 fully saturated rings. The minimum atomic E-state index is -0.372. The summed E-state index contributed by atoms with van der Waals surface area (Å²) in [6.45, 7) is 2.51. The van der Waals surface area contributed by atoms with E-state index >= 15 is 0 Å². The number of thiazole rings is 1. The van der Waals surface area contributed by atoms with Crippen molar-refractivity contribution < 1.29 is 19.1 Å². The van der Waals surface area contributed by atoms with Gasteiger partial charge in [0.05, 0.1) is 34.0 Å². The molecule has 8 heteroatoms. The van der Waals surface area contributed by atoms with Gasteiger partial charge in [-0.1, -0.05) is 24.3 Å². The molecule has 2 amide bonds.